The van der Waals surface area contributed by atoms with Gasteiger partial charge in [0.2, 0.25) is 11.7 Å². The van der Waals surface area contributed by atoms with Crippen molar-refractivity contribution in [2.24, 2.45) is 7.05 Å². The Kier molecular flexibility index (Phi) is 4.47. The van der Waals surface area contributed by atoms with E-state index in [2.05, 4.69) is 15.2 Å². The Hall–Kier alpha value is -3.41. The summed E-state index contributed by atoms with van der Waals surface area (Å²) in [6.07, 6.45) is 4.27. The first-order valence-electron chi connectivity index (χ1n) is 8.34. The van der Waals surface area contributed by atoms with Gasteiger partial charge in [0, 0.05) is 13.2 Å². The van der Waals surface area contributed by atoms with Crippen LogP contribution in [-0.4, -0.2) is 19.9 Å². The van der Waals surface area contributed by atoms with E-state index in [1.807, 2.05) is 67.8 Å². The summed E-state index contributed by atoms with van der Waals surface area (Å²) in [5.41, 5.74) is 2.94. The Morgan fingerprint density at radius 3 is 2.62 bits per heavy atom. The summed E-state index contributed by atoms with van der Waals surface area (Å²) in [5, 5.41) is 8.26. The molecular formula is C20H18N4O2. The van der Waals surface area contributed by atoms with E-state index in [1.54, 1.807) is 10.9 Å². The van der Waals surface area contributed by atoms with E-state index in [1.165, 1.54) is 0 Å². The Bertz CT molecular complexity index is 992. The molecule has 26 heavy (non-hydrogen) atoms. The van der Waals surface area contributed by atoms with Gasteiger partial charge in [-0.3, -0.25) is 4.68 Å². The minimum Gasteiger partial charge on any atom is -0.488 e. The molecule has 0 saturated carbocycles. The molecule has 0 saturated heterocycles. The molecule has 0 aliphatic heterocycles. The van der Waals surface area contributed by atoms with Gasteiger partial charge >= 0.3 is 0 Å². The molecule has 4 rings (SSSR count). The van der Waals surface area contributed by atoms with Crippen molar-refractivity contribution in [1.29, 1.82) is 0 Å². The van der Waals surface area contributed by atoms with E-state index >= 15 is 0 Å². The molecule has 2 aromatic carbocycles. The van der Waals surface area contributed by atoms with Crippen LogP contribution in [0.25, 0.3) is 11.4 Å². The van der Waals surface area contributed by atoms with Crippen LogP contribution in [0.4, 0.5) is 0 Å². The predicted molar refractivity (Wildman–Crippen MR) is 96.5 cm³/mol. The van der Waals surface area contributed by atoms with E-state index < -0.39 is 0 Å². The fourth-order valence-corrected chi connectivity index (χ4v) is 2.69. The van der Waals surface area contributed by atoms with Gasteiger partial charge in [0.1, 0.15) is 12.4 Å². The molecular weight excluding hydrogens is 328 g/mol. The van der Waals surface area contributed by atoms with Crippen molar-refractivity contribution in [2.45, 2.75) is 13.0 Å². The number of benzene rings is 2. The summed E-state index contributed by atoms with van der Waals surface area (Å²) in [4.78, 5) is 4.51. The maximum absolute atomic E-state index is 5.97. The Morgan fingerprint density at radius 2 is 1.81 bits per heavy atom. The number of hydrogen-bond donors (Lipinski definition) is 0. The molecule has 6 heteroatoms. The monoisotopic (exact) mass is 346 g/mol. The zero-order valence-corrected chi connectivity index (χ0v) is 14.4. The van der Waals surface area contributed by atoms with Crippen LogP contribution in [0.15, 0.2) is 71.5 Å². The van der Waals surface area contributed by atoms with Crippen molar-refractivity contribution in [3.05, 3.63) is 84.0 Å². The molecule has 0 aliphatic carbocycles. The van der Waals surface area contributed by atoms with Crippen molar-refractivity contribution >= 4 is 0 Å². The lowest BCUT2D eigenvalue weighted by atomic mass is 10.2. The molecule has 0 radical (unpaired) electrons. The van der Waals surface area contributed by atoms with Crippen LogP contribution in [-0.2, 0) is 20.1 Å². The molecule has 0 atom stereocenters. The topological polar surface area (TPSA) is 66.0 Å². The Morgan fingerprint density at radius 1 is 1.00 bits per heavy atom. The van der Waals surface area contributed by atoms with E-state index in [0.29, 0.717) is 24.7 Å². The molecule has 2 aromatic heterocycles. The molecule has 0 amide bonds. The first kappa shape index (κ1) is 16.1. The zero-order chi connectivity index (χ0) is 17.8. The van der Waals surface area contributed by atoms with Gasteiger partial charge in [0.05, 0.1) is 18.2 Å². The van der Waals surface area contributed by atoms with E-state index in [0.717, 1.165) is 22.4 Å². The summed E-state index contributed by atoms with van der Waals surface area (Å²) in [6.45, 7) is 0.484. The van der Waals surface area contributed by atoms with E-state index in [9.17, 15) is 0 Å². The van der Waals surface area contributed by atoms with Crippen molar-refractivity contribution in [1.82, 2.24) is 19.9 Å². The third kappa shape index (κ3) is 3.64. The predicted octanol–water partition coefficient (Wildman–Crippen LogP) is 3.64. The van der Waals surface area contributed by atoms with Gasteiger partial charge in [0.25, 0.3) is 0 Å². The number of aromatic nitrogens is 4. The van der Waals surface area contributed by atoms with Crippen LogP contribution in [0.2, 0.25) is 0 Å². The lowest BCUT2D eigenvalue weighted by Crippen LogP contribution is -1.97. The van der Waals surface area contributed by atoms with Gasteiger partial charge < -0.3 is 9.26 Å². The minimum atomic E-state index is 0.484. The molecule has 0 N–H and O–H groups in total. The lowest BCUT2D eigenvalue weighted by molar-refractivity contribution is 0.307. The van der Waals surface area contributed by atoms with Crippen molar-refractivity contribution < 1.29 is 9.26 Å². The molecule has 4 aromatic rings. The third-order valence-electron chi connectivity index (χ3n) is 3.95. The second-order valence-corrected chi connectivity index (χ2v) is 5.98. The molecule has 0 spiro atoms. The van der Waals surface area contributed by atoms with Gasteiger partial charge in [-0.25, -0.2) is 0 Å². The van der Waals surface area contributed by atoms with Crippen LogP contribution in [0.5, 0.6) is 5.75 Å². The second kappa shape index (κ2) is 7.23. The van der Waals surface area contributed by atoms with Gasteiger partial charge in [-0.05, 0) is 23.3 Å². The second-order valence-electron chi connectivity index (χ2n) is 5.98. The summed E-state index contributed by atoms with van der Waals surface area (Å²) in [7, 11) is 1.88. The van der Waals surface area contributed by atoms with Crippen LogP contribution >= 0.6 is 0 Å². The molecule has 0 fully saturated rings. The average Bonchev–Trinajstić information content (AvgIpc) is 3.30. The molecule has 6 nitrogen and oxygen atoms in total. The highest BCUT2D eigenvalue weighted by atomic mass is 16.5. The van der Waals surface area contributed by atoms with Crippen molar-refractivity contribution in [2.75, 3.05) is 0 Å². The summed E-state index contributed by atoms with van der Waals surface area (Å²) in [6, 6.07) is 17.7. The van der Waals surface area contributed by atoms with Gasteiger partial charge in [-0.1, -0.05) is 47.6 Å². The average molecular weight is 346 g/mol. The summed E-state index contributed by atoms with van der Waals surface area (Å²) in [5.74, 6) is 1.79. The third-order valence-corrected chi connectivity index (χ3v) is 3.95. The van der Waals surface area contributed by atoms with Crippen LogP contribution in [0.3, 0.4) is 0 Å². The molecule has 0 unspecified atom stereocenters. The number of aryl methyl sites for hydroxylation is 1. The molecule has 0 aliphatic rings. The quantitative estimate of drug-likeness (QED) is 0.533. The molecule has 2 heterocycles. The lowest BCUT2D eigenvalue weighted by Gasteiger charge is -2.09. The van der Waals surface area contributed by atoms with Crippen LogP contribution < -0.4 is 4.74 Å². The van der Waals surface area contributed by atoms with Gasteiger partial charge in [0.15, 0.2) is 0 Å². The van der Waals surface area contributed by atoms with E-state index in [-0.39, 0.29) is 0 Å². The number of nitrogens with zero attached hydrogens (tertiary/aromatic N) is 4. The normalized spacial score (nSPS) is 10.8. The van der Waals surface area contributed by atoms with Gasteiger partial charge in [-0.2, -0.15) is 10.1 Å². The van der Waals surface area contributed by atoms with Crippen LogP contribution in [0.1, 0.15) is 17.0 Å². The molecule has 0 bridgehead atoms. The first-order valence-corrected chi connectivity index (χ1v) is 8.34. The summed E-state index contributed by atoms with van der Waals surface area (Å²) >= 11 is 0. The highest BCUT2D eigenvalue weighted by Crippen LogP contribution is 2.28. The maximum Gasteiger partial charge on any atom is 0.231 e. The number of para-hydroxylation sites is 1. The fraction of sp³-hybridized carbons (Fsp3) is 0.150. The largest absolute Gasteiger partial charge is 0.488 e. The van der Waals surface area contributed by atoms with Crippen molar-refractivity contribution in [3.8, 4) is 17.1 Å². The maximum atomic E-state index is 5.97. The fourth-order valence-electron chi connectivity index (χ4n) is 2.69. The highest BCUT2D eigenvalue weighted by Gasteiger charge is 2.14. The number of rotatable bonds is 6. The van der Waals surface area contributed by atoms with E-state index in [4.69, 9.17) is 9.26 Å². The SMILES string of the molecule is Cn1cc(Cc2nc(-c3ccccc3OCc3ccccc3)no2)cn1. The standard InChI is InChI=1S/C20H18N4O2/c1-24-13-16(12-21-24)11-19-22-20(23-26-19)17-9-5-6-10-18(17)25-14-15-7-3-2-4-8-15/h2-10,12-13H,11,14H2,1H3. The Labute approximate surface area is 151 Å². The smallest absolute Gasteiger partial charge is 0.231 e. The number of ether oxygens (including phenoxy) is 1. The van der Waals surface area contributed by atoms with Crippen molar-refractivity contribution in [3.63, 3.8) is 0 Å². The first-order chi connectivity index (χ1) is 12.8. The number of hydrogen-bond acceptors (Lipinski definition) is 5. The highest BCUT2D eigenvalue weighted by molar-refractivity contribution is 5.63. The van der Waals surface area contributed by atoms with Crippen LogP contribution in [0, 0.1) is 0 Å². The molecule has 130 valence electrons. The Balaban J connectivity index is 1.52. The summed E-state index contributed by atoms with van der Waals surface area (Å²) < 4.78 is 13.1. The minimum absolute atomic E-state index is 0.484. The van der Waals surface area contributed by atoms with Gasteiger partial charge in [-0.15, -0.1) is 0 Å². The zero-order valence-electron chi connectivity index (χ0n) is 14.4.